The standard InChI is InChI=1S/C15H15ClN2O3S/c16-22(20,21)13-8-6-12(7-9-13)18-15(19)14(17)10-11-4-2-1-3-5-11/h1-9,14H,10,17H2,(H,18,19). The minimum atomic E-state index is -3.77. The molecule has 22 heavy (non-hydrogen) atoms. The summed E-state index contributed by atoms with van der Waals surface area (Å²) >= 11 is 0. The lowest BCUT2D eigenvalue weighted by atomic mass is 10.1. The van der Waals surface area contributed by atoms with Crippen molar-refractivity contribution >= 4 is 31.3 Å². The molecule has 3 N–H and O–H groups in total. The molecule has 0 aromatic heterocycles. The summed E-state index contributed by atoms with van der Waals surface area (Å²) in [7, 11) is 1.45. The molecule has 116 valence electrons. The van der Waals surface area contributed by atoms with Crippen molar-refractivity contribution in [2.45, 2.75) is 17.4 Å². The third-order valence-corrected chi connectivity index (χ3v) is 4.41. The van der Waals surface area contributed by atoms with Gasteiger partial charge in [-0.15, -0.1) is 0 Å². The fourth-order valence-corrected chi connectivity index (χ4v) is 2.67. The summed E-state index contributed by atoms with van der Waals surface area (Å²) in [4.78, 5) is 12.0. The van der Waals surface area contributed by atoms with Crippen molar-refractivity contribution in [3.63, 3.8) is 0 Å². The number of hydrogen-bond donors (Lipinski definition) is 2. The van der Waals surface area contributed by atoms with E-state index in [0.29, 0.717) is 12.1 Å². The quantitative estimate of drug-likeness (QED) is 0.817. The number of hydrogen-bond acceptors (Lipinski definition) is 4. The second-order valence-electron chi connectivity index (χ2n) is 4.75. The summed E-state index contributed by atoms with van der Waals surface area (Å²) < 4.78 is 22.3. The first kappa shape index (κ1) is 16.5. The number of nitrogens with one attached hydrogen (secondary N) is 1. The van der Waals surface area contributed by atoms with Crippen LogP contribution in [0.1, 0.15) is 5.56 Å². The third-order valence-electron chi connectivity index (χ3n) is 3.04. The number of rotatable bonds is 5. The van der Waals surface area contributed by atoms with Gasteiger partial charge in [0.05, 0.1) is 10.9 Å². The maximum absolute atomic E-state index is 12.0. The molecule has 0 aliphatic heterocycles. The molecule has 2 aromatic rings. The highest BCUT2D eigenvalue weighted by Crippen LogP contribution is 2.17. The molecule has 0 aliphatic carbocycles. The zero-order valence-electron chi connectivity index (χ0n) is 11.6. The molecular weight excluding hydrogens is 324 g/mol. The number of anilines is 1. The van der Waals surface area contributed by atoms with Crippen LogP contribution in [0.2, 0.25) is 0 Å². The van der Waals surface area contributed by atoms with E-state index in [0.717, 1.165) is 5.56 Å². The topological polar surface area (TPSA) is 89.3 Å². The Morgan fingerprint density at radius 3 is 2.23 bits per heavy atom. The minimum absolute atomic E-state index is 0.0271. The minimum Gasteiger partial charge on any atom is -0.325 e. The van der Waals surface area contributed by atoms with Crippen LogP contribution in [0.15, 0.2) is 59.5 Å². The fraction of sp³-hybridized carbons (Fsp3) is 0.133. The summed E-state index contributed by atoms with van der Waals surface area (Å²) in [6, 6.07) is 14.3. The maximum atomic E-state index is 12.0. The van der Waals surface area contributed by atoms with E-state index in [-0.39, 0.29) is 10.8 Å². The van der Waals surface area contributed by atoms with Gasteiger partial charge in [0.1, 0.15) is 0 Å². The highest BCUT2D eigenvalue weighted by molar-refractivity contribution is 8.13. The van der Waals surface area contributed by atoms with Crippen molar-refractivity contribution in [2.24, 2.45) is 5.73 Å². The number of carbonyl (C=O) groups is 1. The van der Waals surface area contributed by atoms with E-state index in [1.807, 2.05) is 30.3 Å². The van der Waals surface area contributed by atoms with Crippen LogP contribution in [-0.4, -0.2) is 20.4 Å². The monoisotopic (exact) mass is 338 g/mol. The van der Waals surface area contributed by atoms with E-state index in [9.17, 15) is 13.2 Å². The van der Waals surface area contributed by atoms with Crippen LogP contribution in [0, 0.1) is 0 Å². The predicted molar refractivity (Wildman–Crippen MR) is 86.2 cm³/mol. The van der Waals surface area contributed by atoms with Gasteiger partial charge in [-0.3, -0.25) is 4.79 Å². The predicted octanol–water partition coefficient (Wildman–Crippen LogP) is 2.12. The van der Waals surface area contributed by atoms with Gasteiger partial charge in [-0.1, -0.05) is 30.3 Å². The van der Waals surface area contributed by atoms with Crippen molar-refractivity contribution in [1.29, 1.82) is 0 Å². The lowest BCUT2D eigenvalue weighted by molar-refractivity contribution is -0.117. The van der Waals surface area contributed by atoms with Gasteiger partial charge in [0.15, 0.2) is 0 Å². The molecule has 2 aromatic carbocycles. The first-order valence-corrected chi connectivity index (χ1v) is 8.82. The van der Waals surface area contributed by atoms with E-state index in [4.69, 9.17) is 16.4 Å². The van der Waals surface area contributed by atoms with Gasteiger partial charge in [0, 0.05) is 16.4 Å². The summed E-state index contributed by atoms with van der Waals surface area (Å²) in [5.41, 5.74) is 7.29. The Hall–Kier alpha value is -1.89. The van der Waals surface area contributed by atoms with E-state index >= 15 is 0 Å². The van der Waals surface area contributed by atoms with Gasteiger partial charge in [0.2, 0.25) is 5.91 Å². The summed E-state index contributed by atoms with van der Waals surface area (Å²) in [5, 5.41) is 2.64. The molecule has 0 radical (unpaired) electrons. The number of nitrogens with two attached hydrogens (primary N) is 1. The average molecular weight is 339 g/mol. The number of benzene rings is 2. The van der Waals surface area contributed by atoms with Crippen LogP contribution in [-0.2, 0) is 20.3 Å². The van der Waals surface area contributed by atoms with E-state index in [2.05, 4.69) is 5.32 Å². The van der Waals surface area contributed by atoms with Gasteiger partial charge < -0.3 is 11.1 Å². The van der Waals surface area contributed by atoms with E-state index in [1.165, 1.54) is 24.3 Å². The van der Waals surface area contributed by atoms with Gasteiger partial charge >= 0.3 is 0 Å². The summed E-state index contributed by atoms with van der Waals surface area (Å²) in [6.07, 6.45) is 0.417. The summed E-state index contributed by atoms with van der Waals surface area (Å²) in [6.45, 7) is 0. The van der Waals surface area contributed by atoms with Crippen LogP contribution < -0.4 is 11.1 Å². The Morgan fingerprint density at radius 1 is 1.09 bits per heavy atom. The first-order chi connectivity index (χ1) is 10.4. The Labute approximate surface area is 133 Å². The lowest BCUT2D eigenvalue weighted by Crippen LogP contribution is -2.37. The fourth-order valence-electron chi connectivity index (χ4n) is 1.90. The molecule has 7 heteroatoms. The maximum Gasteiger partial charge on any atom is 0.261 e. The Kier molecular flexibility index (Phi) is 5.18. The molecule has 1 unspecified atom stereocenters. The van der Waals surface area contributed by atoms with Crippen molar-refractivity contribution in [2.75, 3.05) is 5.32 Å². The molecule has 0 heterocycles. The molecule has 0 saturated heterocycles. The molecule has 0 fully saturated rings. The van der Waals surface area contributed by atoms with Gasteiger partial charge in [-0.25, -0.2) is 8.42 Å². The Morgan fingerprint density at radius 2 is 1.68 bits per heavy atom. The van der Waals surface area contributed by atoms with Crippen LogP contribution >= 0.6 is 10.7 Å². The molecule has 0 saturated carbocycles. The van der Waals surface area contributed by atoms with Gasteiger partial charge in [0.25, 0.3) is 9.05 Å². The molecular formula is C15H15ClN2O3S. The van der Waals surface area contributed by atoms with Crippen LogP contribution in [0.3, 0.4) is 0 Å². The molecule has 2 rings (SSSR count). The number of carbonyl (C=O) groups excluding carboxylic acids is 1. The van der Waals surface area contributed by atoms with Crippen LogP contribution in [0.4, 0.5) is 5.69 Å². The summed E-state index contributed by atoms with van der Waals surface area (Å²) in [5.74, 6) is -0.342. The number of halogens is 1. The van der Waals surface area contributed by atoms with Crippen LogP contribution in [0.25, 0.3) is 0 Å². The average Bonchev–Trinajstić information content (AvgIpc) is 2.48. The highest BCUT2D eigenvalue weighted by atomic mass is 35.7. The Balaban J connectivity index is 1.99. The molecule has 5 nitrogen and oxygen atoms in total. The van der Waals surface area contributed by atoms with Crippen molar-refractivity contribution < 1.29 is 13.2 Å². The van der Waals surface area contributed by atoms with Crippen molar-refractivity contribution in [1.82, 2.24) is 0 Å². The van der Waals surface area contributed by atoms with Crippen LogP contribution in [0.5, 0.6) is 0 Å². The van der Waals surface area contributed by atoms with Gasteiger partial charge in [-0.2, -0.15) is 0 Å². The molecule has 1 amide bonds. The zero-order chi connectivity index (χ0) is 16.2. The molecule has 1 atom stereocenters. The molecule has 0 aliphatic rings. The van der Waals surface area contributed by atoms with Crippen molar-refractivity contribution in [3.05, 3.63) is 60.2 Å². The zero-order valence-corrected chi connectivity index (χ0v) is 13.1. The molecule has 0 bridgehead atoms. The second-order valence-corrected chi connectivity index (χ2v) is 7.31. The highest BCUT2D eigenvalue weighted by Gasteiger charge is 2.15. The second kappa shape index (κ2) is 6.91. The normalized spacial score (nSPS) is 12.6. The largest absolute Gasteiger partial charge is 0.325 e. The Bertz CT molecular complexity index is 746. The molecule has 0 spiro atoms. The van der Waals surface area contributed by atoms with Crippen molar-refractivity contribution in [3.8, 4) is 0 Å². The SMILES string of the molecule is NC(Cc1ccccc1)C(=O)Nc1ccc(S(=O)(=O)Cl)cc1. The van der Waals surface area contributed by atoms with Gasteiger partial charge in [-0.05, 0) is 36.2 Å². The third kappa shape index (κ3) is 4.56. The van der Waals surface area contributed by atoms with E-state index < -0.39 is 15.1 Å². The number of amides is 1. The first-order valence-electron chi connectivity index (χ1n) is 6.51. The van der Waals surface area contributed by atoms with E-state index in [1.54, 1.807) is 0 Å². The smallest absolute Gasteiger partial charge is 0.261 e. The lowest BCUT2D eigenvalue weighted by Gasteiger charge is -2.12.